The average Bonchev–Trinajstić information content (AvgIpc) is 2.26. The van der Waals surface area contributed by atoms with Gasteiger partial charge in [-0.1, -0.05) is 6.92 Å². The third kappa shape index (κ3) is 3.95. The summed E-state index contributed by atoms with van der Waals surface area (Å²) in [4.78, 5) is 0. The molecule has 0 rings (SSSR count). The van der Waals surface area contributed by atoms with Crippen molar-refractivity contribution in [3.63, 3.8) is 0 Å². The van der Waals surface area contributed by atoms with Crippen LogP contribution in [0.2, 0.25) is 0 Å². The van der Waals surface area contributed by atoms with Crippen LogP contribution in [-0.4, -0.2) is 50.3 Å². The lowest BCUT2D eigenvalue weighted by Gasteiger charge is -2.32. The van der Waals surface area contributed by atoms with Crippen molar-refractivity contribution in [2.45, 2.75) is 36.6 Å². The van der Waals surface area contributed by atoms with Crippen LogP contribution in [0.4, 0.5) is 30.7 Å². The van der Waals surface area contributed by atoms with E-state index in [1.54, 1.807) is 0 Å². The zero-order valence-corrected chi connectivity index (χ0v) is 11.4. The van der Waals surface area contributed by atoms with Crippen LogP contribution < -0.4 is 5.32 Å². The van der Waals surface area contributed by atoms with Crippen LogP contribution in [0, 0.1) is 0 Å². The molecule has 0 aliphatic rings. The van der Waals surface area contributed by atoms with Gasteiger partial charge in [0.25, 0.3) is 0 Å². The van der Waals surface area contributed by atoms with Gasteiger partial charge in [0.2, 0.25) is 0 Å². The van der Waals surface area contributed by atoms with E-state index in [2.05, 4.69) is 5.32 Å². The van der Waals surface area contributed by atoms with Crippen LogP contribution in [0.15, 0.2) is 0 Å². The summed E-state index contributed by atoms with van der Waals surface area (Å²) < 4.78 is 116. The predicted molar refractivity (Wildman–Crippen MR) is 56.6 cm³/mol. The first-order valence-electron chi connectivity index (χ1n) is 4.98. The van der Waals surface area contributed by atoms with E-state index in [-0.39, 0.29) is 0 Å². The number of rotatable bonds is 5. The van der Waals surface area contributed by atoms with E-state index < -0.39 is 39.8 Å². The first-order valence-corrected chi connectivity index (χ1v) is 6.42. The minimum absolute atomic E-state index is 0.667. The van der Waals surface area contributed by atoms with Crippen molar-refractivity contribution in [1.29, 1.82) is 0 Å². The Morgan fingerprint density at radius 2 is 1.40 bits per heavy atom. The maximum absolute atomic E-state index is 12.6. The van der Waals surface area contributed by atoms with Crippen molar-refractivity contribution < 1.29 is 43.7 Å². The van der Waals surface area contributed by atoms with Crippen molar-refractivity contribution in [1.82, 2.24) is 5.32 Å². The molecule has 0 aromatic carbocycles. The molecule has 1 unspecified atom stereocenters. The summed E-state index contributed by atoms with van der Waals surface area (Å²) in [6, 6.07) is 0. The Morgan fingerprint density at radius 1 is 1.10 bits per heavy atom. The lowest BCUT2D eigenvalue weighted by molar-refractivity contribution is -0.299. The molecule has 1 atom stereocenters. The van der Waals surface area contributed by atoms with Gasteiger partial charge in [0.15, 0.2) is 6.17 Å². The van der Waals surface area contributed by atoms with E-state index >= 15 is 0 Å². The molecule has 0 aromatic rings. The Balaban J connectivity index is 0. The summed E-state index contributed by atoms with van der Waals surface area (Å²) in [5.41, 5.74) is 0. The molecule has 0 amide bonds. The van der Waals surface area contributed by atoms with Crippen molar-refractivity contribution in [3.8, 4) is 0 Å². The topological polar surface area (TPSA) is 66.4 Å². The molecule has 12 heteroatoms. The SMILES string of the molecule is CCC(F)C(F)(F)C(F)(F)C(F)(F)S(=O)(=O)O.CNC. The number of nitrogens with one attached hydrogen (secondary N) is 1. The van der Waals surface area contributed by atoms with E-state index in [9.17, 15) is 39.2 Å². The third-order valence-electron chi connectivity index (χ3n) is 1.86. The van der Waals surface area contributed by atoms with Gasteiger partial charge in [-0.3, -0.25) is 4.55 Å². The molecule has 0 aromatic heterocycles. The molecule has 0 spiro atoms. The Morgan fingerprint density at radius 3 is 1.60 bits per heavy atom. The standard InChI is InChI=1S/C6H7F7O3S.C2H7N/c1-2-3(7)4(8,9)5(10,11)6(12,13)17(14,15)16;1-3-2/h3H,2H2,1H3,(H,14,15,16);3H,1-2H3. The Labute approximate surface area is 111 Å². The Bertz CT molecular complexity index is 399. The fourth-order valence-electron chi connectivity index (χ4n) is 0.809. The molecular weight excluding hydrogens is 323 g/mol. The molecule has 0 fully saturated rings. The van der Waals surface area contributed by atoms with Gasteiger partial charge in [0, 0.05) is 0 Å². The molecular formula is C8H14F7NO3S. The van der Waals surface area contributed by atoms with Crippen molar-refractivity contribution in [3.05, 3.63) is 0 Å². The lowest BCUT2D eigenvalue weighted by Crippen LogP contribution is -2.60. The monoisotopic (exact) mass is 337 g/mol. The van der Waals surface area contributed by atoms with Gasteiger partial charge in [-0.15, -0.1) is 0 Å². The minimum atomic E-state index is -6.81. The summed E-state index contributed by atoms with van der Waals surface area (Å²) >= 11 is 0. The number of alkyl halides is 7. The first-order chi connectivity index (χ1) is 8.65. The second kappa shape index (κ2) is 6.89. The summed E-state index contributed by atoms with van der Waals surface area (Å²) in [6.07, 6.45) is -4.94. The van der Waals surface area contributed by atoms with Crippen molar-refractivity contribution in [2.24, 2.45) is 0 Å². The molecule has 2 N–H and O–H groups in total. The van der Waals surface area contributed by atoms with Gasteiger partial charge in [-0.25, -0.2) is 4.39 Å². The maximum Gasteiger partial charge on any atom is 0.438 e. The number of hydrogen-bond acceptors (Lipinski definition) is 3. The molecule has 0 heterocycles. The van der Waals surface area contributed by atoms with E-state index in [0.29, 0.717) is 6.92 Å². The summed E-state index contributed by atoms with van der Waals surface area (Å²) in [6.45, 7) is 0.667. The highest BCUT2D eigenvalue weighted by molar-refractivity contribution is 7.87. The smallest absolute Gasteiger partial charge is 0.323 e. The van der Waals surface area contributed by atoms with E-state index in [4.69, 9.17) is 4.55 Å². The van der Waals surface area contributed by atoms with Gasteiger partial charge in [-0.2, -0.15) is 34.8 Å². The summed E-state index contributed by atoms with van der Waals surface area (Å²) in [5, 5.41) is -3.75. The van der Waals surface area contributed by atoms with Gasteiger partial charge in [0.05, 0.1) is 0 Å². The number of hydrogen-bond donors (Lipinski definition) is 2. The van der Waals surface area contributed by atoms with E-state index in [0.717, 1.165) is 0 Å². The zero-order valence-electron chi connectivity index (χ0n) is 10.6. The molecule has 4 nitrogen and oxygen atoms in total. The molecule has 0 aliphatic carbocycles. The van der Waals surface area contributed by atoms with Crippen LogP contribution in [-0.2, 0) is 10.1 Å². The Kier molecular flexibility index (Phi) is 7.47. The predicted octanol–water partition coefficient (Wildman–Crippen LogP) is 2.32. The normalized spacial score (nSPS) is 15.3. The zero-order chi connectivity index (χ0) is 17.0. The maximum atomic E-state index is 12.6. The van der Waals surface area contributed by atoms with Crippen molar-refractivity contribution in [2.75, 3.05) is 14.1 Å². The second-order valence-electron chi connectivity index (χ2n) is 3.56. The molecule has 0 bridgehead atoms. The van der Waals surface area contributed by atoms with Gasteiger partial charge >= 0.3 is 27.2 Å². The highest BCUT2D eigenvalue weighted by Crippen LogP contribution is 2.50. The molecule has 124 valence electrons. The second-order valence-corrected chi connectivity index (χ2v) is 5.03. The quantitative estimate of drug-likeness (QED) is 0.597. The van der Waals surface area contributed by atoms with Gasteiger partial charge in [-0.05, 0) is 20.5 Å². The average molecular weight is 337 g/mol. The van der Waals surface area contributed by atoms with Gasteiger partial charge in [0.1, 0.15) is 0 Å². The highest BCUT2D eigenvalue weighted by atomic mass is 32.2. The molecule has 0 saturated heterocycles. The fraction of sp³-hybridized carbons (Fsp3) is 1.00. The Hall–Kier alpha value is -0.620. The first kappa shape index (κ1) is 21.7. The molecule has 0 saturated carbocycles. The fourth-order valence-corrected chi connectivity index (χ4v) is 1.27. The highest BCUT2D eigenvalue weighted by Gasteiger charge is 2.79. The van der Waals surface area contributed by atoms with E-state index in [1.165, 1.54) is 0 Å². The van der Waals surface area contributed by atoms with E-state index in [1.807, 2.05) is 14.1 Å². The van der Waals surface area contributed by atoms with Crippen molar-refractivity contribution >= 4 is 10.1 Å². The summed E-state index contributed by atoms with van der Waals surface area (Å²) in [7, 11) is -3.06. The minimum Gasteiger partial charge on any atom is -0.323 e. The van der Waals surface area contributed by atoms with Crippen LogP contribution >= 0.6 is 0 Å². The van der Waals surface area contributed by atoms with Crippen LogP contribution in [0.1, 0.15) is 13.3 Å². The summed E-state index contributed by atoms with van der Waals surface area (Å²) in [5.74, 6) is -12.5. The third-order valence-corrected chi connectivity index (χ3v) is 2.76. The number of halogens is 7. The molecule has 20 heavy (non-hydrogen) atoms. The van der Waals surface area contributed by atoms with Crippen LogP contribution in [0.3, 0.4) is 0 Å². The molecule has 0 radical (unpaired) electrons. The van der Waals surface area contributed by atoms with Crippen LogP contribution in [0.25, 0.3) is 0 Å². The largest absolute Gasteiger partial charge is 0.438 e. The lowest BCUT2D eigenvalue weighted by atomic mass is 10.1. The molecule has 0 aliphatic heterocycles. The van der Waals surface area contributed by atoms with Crippen LogP contribution in [0.5, 0.6) is 0 Å². The van der Waals surface area contributed by atoms with Gasteiger partial charge < -0.3 is 5.32 Å².